The van der Waals surface area contributed by atoms with Crippen LogP contribution in [0.25, 0.3) is 16.3 Å². The van der Waals surface area contributed by atoms with E-state index in [1.807, 2.05) is 11.4 Å². The molecule has 3 aromatic rings. The number of H-pyrrole nitrogens is 2. The number of aromatic nitrogens is 2. The average Bonchev–Trinajstić information content (AvgIpc) is 2.95. The zero-order chi connectivity index (χ0) is 15.7. The van der Waals surface area contributed by atoms with Gasteiger partial charge < -0.3 is 9.97 Å². The number of carbonyl (C=O) groups is 1. The molecule has 3 aromatic heterocycles. The molecule has 0 aromatic carbocycles. The summed E-state index contributed by atoms with van der Waals surface area (Å²) in [6.07, 6.45) is 4.41. The number of nitrogens with one attached hydrogen (secondary N) is 2. The molecule has 0 aliphatic rings. The Morgan fingerprint density at radius 3 is 2.77 bits per heavy atom. The molecule has 2 N–H and O–H groups in total. The fourth-order valence-electron chi connectivity index (χ4n) is 2.25. The zero-order valence-electron chi connectivity index (χ0n) is 11.7. The summed E-state index contributed by atoms with van der Waals surface area (Å²) >= 11 is 1.43. The second-order valence-electron chi connectivity index (χ2n) is 4.80. The van der Waals surface area contributed by atoms with Crippen LogP contribution in [0.15, 0.2) is 45.4 Å². The highest BCUT2D eigenvalue weighted by atomic mass is 32.1. The van der Waals surface area contributed by atoms with Gasteiger partial charge in [-0.2, -0.15) is 0 Å². The quantitative estimate of drug-likeness (QED) is 0.576. The molecule has 110 valence electrons. The third kappa shape index (κ3) is 2.56. The zero-order valence-corrected chi connectivity index (χ0v) is 12.5. The fraction of sp³-hybridized carbons (Fsp3) is 0.0625. The SMILES string of the molecule is Cc1c(C(=O)/C=C/c2ccc(=O)[nH]c2)c(=O)[nH]c2sccc12. The second-order valence-corrected chi connectivity index (χ2v) is 5.72. The highest BCUT2D eigenvalue weighted by Gasteiger charge is 2.14. The highest BCUT2D eigenvalue weighted by Crippen LogP contribution is 2.22. The van der Waals surface area contributed by atoms with Gasteiger partial charge >= 0.3 is 0 Å². The van der Waals surface area contributed by atoms with Crippen LogP contribution in [0.3, 0.4) is 0 Å². The molecule has 3 rings (SSSR count). The summed E-state index contributed by atoms with van der Waals surface area (Å²) in [6.45, 7) is 1.77. The standard InChI is InChI=1S/C16H12N2O3S/c1-9-11-6-7-22-16(11)18-15(21)14(9)12(19)4-2-10-3-5-13(20)17-8-10/h2-8H,1H3,(H,17,20)(H,18,21)/b4-2+. The maximum atomic E-state index is 12.3. The minimum absolute atomic E-state index is 0.145. The minimum atomic E-state index is -0.386. The number of hydrogen-bond donors (Lipinski definition) is 2. The molecule has 0 saturated carbocycles. The van der Waals surface area contributed by atoms with Gasteiger partial charge in [-0.3, -0.25) is 14.4 Å². The molecule has 0 saturated heterocycles. The van der Waals surface area contributed by atoms with Crippen LogP contribution in [0.4, 0.5) is 0 Å². The molecule has 0 aliphatic heterocycles. The van der Waals surface area contributed by atoms with E-state index < -0.39 is 0 Å². The minimum Gasteiger partial charge on any atom is -0.329 e. The van der Waals surface area contributed by atoms with Crippen molar-refractivity contribution in [2.45, 2.75) is 6.92 Å². The van der Waals surface area contributed by atoms with Gasteiger partial charge in [-0.1, -0.05) is 0 Å². The average molecular weight is 312 g/mol. The maximum Gasteiger partial charge on any atom is 0.260 e. The van der Waals surface area contributed by atoms with Crippen molar-refractivity contribution < 1.29 is 4.79 Å². The van der Waals surface area contributed by atoms with Crippen molar-refractivity contribution >= 4 is 33.4 Å². The van der Waals surface area contributed by atoms with Crippen LogP contribution >= 0.6 is 11.3 Å². The molecule has 0 aliphatic carbocycles. The summed E-state index contributed by atoms with van der Waals surface area (Å²) in [5, 5.41) is 2.75. The number of hydrogen-bond acceptors (Lipinski definition) is 4. The van der Waals surface area contributed by atoms with Crippen molar-refractivity contribution in [1.29, 1.82) is 0 Å². The summed E-state index contributed by atoms with van der Waals surface area (Å²) in [5.74, 6) is -0.363. The van der Waals surface area contributed by atoms with E-state index in [9.17, 15) is 14.4 Å². The van der Waals surface area contributed by atoms with E-state index in [-0.39, 0.29) is 22.5 Å². The lowest BCUT2D eigenvalue weighted by atomic mass is 10.0. The summed E-state index contributed by atoms with van der Waals surface area (Å²) in [4.78, 5) is 41.4. The number of aryl methyl sites for hydroxylation is 1. The molecule has 22 heavy (non-hydrogen) atoms. The van der Waals surface area contributed by atoms with Crippen LogP contribution in [-0.4, -0.2) is 15.8 Å². The largest absolute Gasteiger partial charge is 0.329 e. The van der Waals surface area contributed by atoms with Crippen molar-refractivity contribution in [3.05, 3.63) is 73.2 Å². The van der Waals surface area contributed by atoms with Crippen LogP contribution in [0.1, 0.15) is 21.5 Å². The van der Waals surface area contributed by atoms with E-state index in [4.69, 9.17) is 0 Å². The first kappa shape index (κ1) is 14.2. The molecular formula is C16H12N2O3S. The molecule has 6 heteroatoms. The lowest BCUT2D eigenvalue weighted by Crippen LogP contribution is -2.18. The Bertz CT molecular complexity index is 988. The molecule has 0 spiro atoms. The first-order chi connectivity index (χ1) is 10.6. The van der Waals surface area contributed by atoms with Crippen molar-refractivity contribution in [1.82, 2.24) is 9.97 Å². The number of fused-ring (bicyclic) bond motifs is 1. The Morgan fingerprint density at radius 1 is 1.23 bits per heavy atom. The molecular weight excluding hydrogens is 300 g/mol. The Balaban J connectivity index is 2.00. The maximum absolute atomic E-state index is 12.3. The molecule has 0 unspecified atom stereocenters. The number of thiophene rings is 1. The van der Waals surface area contributed by atoms with Crippen LogP contribution < -0.4 is 11.1 Å². The van der Waals surface area contributed by atoms with Gasteiger partial charge in [0.05, 0.1) is 5.56 Å². The van der Waals surface area contributed by atoms with Crippen LogP contribution in [0.5, 0.6) is 0 Å². The van der Waals surface area contributed by atoms with Gasteiger partial charge in [0.15, 0.2) is 5.78 Å². The third-order valence-corrected chi connectivity index (χ3v) is 4.21. The van der Waals surface area contributed by atoms with Crippen molar-refractivity contribution in [3.63, 3.8) is 0 Å². The number of carbonyl (C=O) groups excluding carboxylic acids is 1. The van der Waals surface area contributed by atoms with Crippen molar-refractivity contribution in [3.8, 4) is 0 Å². The molecule has 0 radical (unpaired) electrons. The van der Waals surface area contributed by atoms with E-state index in [1.165, 1.54) is 29.7 Å². The van der Waals surface area contributed by atoms with Gasteiger partial charge in [-0.05, 0) is 47.7 Å². The number of rotatable bonds is 3. The van der Waals surface area contributed by atoms with Gasteiger partial charge in [0.1, 0.15) is 4.83 Å². The van der Waals surface area contributed by atoms with Crippen molar-refractivity contribution in [2.24, 2.45) is 0 Å². The fourth-order valence-corrected chi connectivity index (χ4v) is 3.09. The molecule has 0 fully saturated rings. The topological polar surface area (TPSA) is 82.8 Å². The normalized spacial score (nSPS) is 11.3. The Labute approximate surface area is 129 Å². The number of pyridine rings is 2. The Hall–Kier alpha value is -2.73. The van der Waals surface area contributed by atoms with Gasteiger partial charge in [0, 0.05) is 17.6 Å². The van der Waals surface area contributed by atoms with Gasteiger partial charge in [-0.25, -0.2) is 0 Å². The van der Waals surface area contributed by atoms with E-state index in [1.54, 1.807) is 19.1 Å². The van der Waals surface area contributed by atoms with Gasteiger partial charge in [-0.15, -0.1) is 11.3 Å². The van der Waals surface area contributed by atoms with Crippen molar-refractivity contribution in [2.75, 3.05) is 0 Å². The van der Waals surface area contributed by atoms with E-state index in [0.717, 1.165) is 10.2 Å². The summed E-state index contributed by atoms with van der Waals surface area (Å²) in [5.41, 5.74) is 0.906. The van der Waals surface area contributed by atoms with Crippen LogP contribution in [0.2, 0.25) is 0 Å². The third-order valence-electron chi connectivity index (χ3n) is 3.38. The Morgan fingerprint density at radius 2 is 2.05 bits per heavy atom. The smallest absolute Gasteiger partial charge is 0.260 e. The van der Waals surface area contributed by atoms with Gasteiger partial charge in [0.2, 0.25) is 5.56 Å². The molecule has 0 amide bonds. The second kappa shape index (κ2) is 5.57. The van der Waals surface area contributed by atoms with Crippen LogP contribution in [-0.2, 0) is 0 Å². The summed E-state index contributed by atoms with van der Waals surface area (Å²) < 4.78 is 0. The predicted octanol–water partition coefficient (Wildman–Crippen LogP) is 2.48. The summed E-state index contributed by atoms with van der Waals surface area (Å²) in [7, 11) is 0. The molecule has 0 atom stereocenters. The van der Waals surface area contributed by atoms with Crippen LogP contribution in [0, 0.1) is 6.92 Å². The van der Waals surface area contributed by atoms with E-state index in [2.05, 4.69) is 9.97 Å². The monoisotopic (exact) mass is 312 g/mol. The first-order valence-electron chi connectivity index (χ1n) is 6.57. The van der Waals surface area contributed by atoms with Gasteiger partial charge in [0.25, 0.3) is 5.56 Å². The highest BCUT2D eigenvalue weighted by molar-refractivity contribution is 7.16. The first-order valence-corrected chi connectivity index (χ1v) is 7.45. The number of aromatic amines is 2. The lowest BCUT2D eigenvalue weighted by molar-refractivity contribution is 0.104. The Kier molecular flexibility index (Phi) is 3.60. The van der Waals surface area contributed by atoms with E-state index in [0.29, 0.717) is 11.1 Å². The lowest BCUT2D eigenvalue weighted by Gasteiger charge is -2.02. The summed E-state index contributed by atoms with van der Waals surface area (Å²) in [6, 6.07) is 4.86. The predicted molar refractivity (Wildman–Crippen MR) is 87.6 cm³/mol. The number of ketones is 1. The molecule has 5 nitrogen and oxygen atoms in total. The number of allylic oxidation sites excluding steroid dienone is 1. The molecule has 0 bridgehead atoms. The molecule has 3 heterocycles. The van der Waals surface area contributed by atoms with E-state index >= 15 is 0 Å².